The number of halogens is 3. The summed E-state index contributed by atoms with van der Waals surface area (Å²) in [7, 11) is 0. The van der Waals surface area contributed by atoms with Gasteiger partial charge >= 0.3 is 0 Å². The van der Waals surface area contributed by atoms with Crippen molar-refractivity contribution in [3.8, 4) is 28.0 Å². The molecule has 1 heterocycles. The summed E-state index contributed by atoms with van der Waals surface area (Å²) in [6.07, 6.45) is 4.22. The molecular weight excluding hydrogens is 425 g/mol. The second-order valence-electron chi connectivity index (χ2n) is 8.28. The van der Waals surface area contributed by atoms with Crippen LogP contribution in [0.1, 0.15) is 37.7 Å². The van der Waals surface area contributed by atoms with E-state index in [4.69, 9.17) is 9.47 Å². The molecule has 0 radical (unpaired) electrons. The number of rotatable bonds is 7. The minimum Gasteiger partial charge on any atom is -0.490 e. The van der Waals surface area contributed by atoms with Gasteiger partial charge in [0.25, 0.3) is 0 Å². The van der Waals surface area contributed by atoms with Crippen molar-refractivity contribution >= 4 is 0 Å². The molecule has 5 heteroatoms. The molecule has 33 heavy (non-hydrogen) atoms. The molecule has 172 valence electrons. The Morgan fingerprint density at radius 3 is 2.30 bits per heavy atom. The lowest BCUT2D eigenvalue weighted by molar-refractivity contribution is 0.0321. The zero-order valence-electron chi connectivity index (χ0n) is 18.6. The zero-order chi connectivity index (χ0) is 23.4. The van der Waals surface area contributed by atoms with E-state index < -0.39 is 11.6 Å². The van der Waals surface area contributed by atoms with Crippen molar-refractivity contribution in [1.29, 1.82) is 0 Å². The Morgan fingerprint density at radius 2 is 1.67 bits per heavy atom. The molecule has 2 atom stereocenters. The number of hydrogen-bond donors (Lipinski definition) is 0. The molecule has 0 bridgehead atoms. The van der Waals surface area contributed by atoms with Crippen molar-refractivity contribution < 1.29 is 22.6 Å². The van der Waals surface area contributed by atoms with Gasteiger partial charge in [0.05, 0.1) is 19.3 Å². The van der Waals surface area contributed by atoms with Crippen LogP contribution in [0, 0.1) is 17.5 Å². The molecule has 0 saturated carbocycles. The quantitative estimate of drug-likeness (QED) is 0.342. The maximum absolute atomic E-state index is 14.9. The number of benzene rings is 3. The lowest BCUT2D eigenvalue weighted by Crippen LogP contribution is -2.23. The van der Waals surface area contributed by atoms with Crippen LogP contribution in [0.25, 0.3) is 22.3 Å². The molecule has 0 spiro atoms. The third kappa shape index (κ3) is 4.98. The van der Waals surface area contributed by atoms with Gasteiger partial charge < -0.3 is 9.47 Å². The van der Waals surface area contributed by atoms with Crippen molar-refractivity contribution in [3.05, 3.63) is 90.3 Å². The molecule has 0 aliphatic carbocycles. The van der Waals surface area contributed by atoms with Crippen molar-refractivity contribution in [3.63, 3.8) is 0 Å². The third-order valence-electron chi connectivity index (χ3n) is 6.05. The normalized spacial score (nSPS) is 18.2. The highest BCUT2D eigenvalue weighted by atomic mass is 19.2. The maximum Gasteiger partial charge on any atom is 0.201 e. The fourth-order valence-electron chi connectivity index (χ4n) is 4.16. The second kappa shape index (κ2) is 10.3. The zero-order valence-corrected chi connectivity index (χ0v) is 18.6. The maximum atomic E-state index is 14.9. The van der Waals surface area contributed by atoms with Crippen LogP contribution in [0.4, 0.5) is 13.2 Å². The van der Waals surface area contributed by atoms with Gasteiger partial charge in [-0.2, -0.15) is 4.39 Å². The van der Waals surface area contributed by atoms with E-state index in [0.717, 1.165) is 24.0 Å². The molecule has 1 aliphatic heterocycles. The number of hydrogen-bond acceptors (Lipinski definition) is 2. The highest BCUT2D eigenvalue weighted by Gasteiger charge is 2.23. The molecule has 1 aliphatic rings. The van der Waals surface area contributed by atoms with Crippen LogP contribution in [-0.4, -0.2) is 19.3 Å². The standard InChI is InChI=1S/C28H27F3O2/c1-3-15-32-26-14-13-24(27(30)28(26)31)19-7-5-18(6-8-19)20-10-12-23(25(29)16-20)21-9-11-22(4-2)33-17-21/h4-8,10,12-14,16,21-22H,2-3,9,11,15,17H2,1H3. The summed E-state index contributed by atoms with van der Waals surface area (Å²) in [5.74, 6) is -2.26. The van der Waals surface area contributed by atoms with Crippen molar-refractivity contribution in [2.45, 2.75) is 38.2 Å². The van der Waals surface area contributed by atoms with E-state index in [-0.39, 0.29) is 29.2 Å². The molecule has 0 aromatic heterocycles. The largest absolute Gasteiger partial charge is 0.490 e. The van der Waals surface area contributed by atoms with Crippen molar-refractivity contribution in [1.82, 2.24) is 0 Å². The van der Waals surface area contributed by atoms with Crippen LogP contribution < -0.4 is 4.74 Å². The minimum absolute atomic E-state index is 0.0276. The Bertz CT molecular complexity index is 1120. The van der Waals surface area contributed by atoms with Gasteiger partial charge in [-0.25, -0.2) is 8.78 Å². The fourth-order valence-corrected chi connectivity index (χ4v) is 4.16. The van der Waals surface area contributed by atoms with Crippen LogP contribution in [-0.2, 0) is 4.74 Å². The lowest BCUT2D eigenvalue weighted by atomic mass is 9.89. The topological polar surface area (TPSA) is 18.5 Å². The molecule has 1 saturated heterocycles. The van der Waals surface area contributed by atoms with Gasteiger partial charge in [-0.3, -0.25) is 0 Å². The Morgan fingerprint density at radius 1 is 0.939 bits per heavy atom. The molecule has 4 rings (SSSR count). The second-order valence-corrected chi connectivity index (χ2v) is 8.28. The first-order chi connectivity index (χ1) is 16.0. The molecule has 0 amide bonds. The van der Waals surface area contributed by atoms with Gasteiger partial charge in [-0.15, -0.1) is 6.58 Å². The van der Waals surface area contributed by atoms with Gasteiger partial charge in [0, 0.05) is 11.5 Å². The summed E-state index contributed by atoms with van der Waals surface area (Å²) >= 11 is 0. The van der Waals surface area contributed by atoms with Crippen LogP contribution >= 0.6 is 0 Å². The smallest absolute Gasteiger partial charge is 0.201 e. The average Bonchev–Trinajstić information content (AvgIpc) is 2.85. The summed E-state index contributed by atoms with van der Waals surface area (Å²) in [5.41, 5.74) is 2.85. The summed E-state index contributed by atoms with van der Waals surface area (Å²) in [6, 6.07) is 15.1. The molecule has 3 aromatic rings. The fraction of sp³-hybridized carbons (Fsp3) is 0.286. The Hall–Kier alpha value is -3.05. The molecule has 2 nitrogen and oxygen atoms in total. The first-order valence-electron chi connectivity index (χ1n) is 11.3. The van der Waals surface area contributed by atoms with Gasteiger partial charge in [0.1, 0.15) is 5.82 Å². The van der Waals surface area contributed by atoms with E-state index in [1.807, 2.05) is 19.1 Å². The minimum atomic E-state index is -0.992. The van der Waals surface area contributed by atoms with Gasteiger partial charge in [-0.05, 0) is 59.7 Å². The SMILES string of the molecule is C=CC1CCC(c2ccc(-c3ccc(-c4ccc(OCCC)c(F)c4F)cc3)cc2F)CO1. The average molecular weight is 453 g/mol. The molecular formula is C28H27F3O2. The monoisotopic (exact) mass is 452 g/mol. The van der Waals surface area contributed by atoms with Crippen LogP contribution in [0.3, 0.4) is 0 Å². The summed E-state index contributed by atoms with van der Waals surface area (Å²) in [6.45, 7) is 6.45. The summed E-state index contributed by atoms with van der Waals surface area (Å²) in [5, 5.41) is 0. The third-order valence-corrected chi connectivity index (χ3v) is 6.05. The molecule has 2 unspecified atom stereocenters. The lowest BCUT2D eigenvalue weighted by Gasteiger charge is -2.27. The van der Waals surface area contributed by atoms with Gasteiger partial charge in [0.15, 0.2) is 11.6 Å². The van der Waals surface area contributed by atoms with Gasteiger partial charge in [0.2, 0.25) is 5.82 Å². The molecule has 1 fully saturated rings. The van der Waals surface area contributed by atoms with Gasteiger partial charge in [-0.1, -0.05) is 49.4 Å². The van der Waals surface area contributed by atoms with Crippen LogP contribution in [0.15, 0.2) is 67.3 Å². The first-order valence-corrected chi connectivity index (χ1v) is 11.3. The first kappa shape index (κ1) is 23.1. The Balaban J connectivity index is 1.52. The van der Waals surface area contributed by atoms with Crippen LogP contribution in [0.5, 0.6) is 5.75 Å². The summed E-state index contributed by atoms with van der Waals surface area (Å²) in [4.78, 5) is 0. The molecule has 0 N–H and O–H groups in total. The van der Waals surface area contributed by atoms with E-state index in [2.05, 4.69) is 6.58 Å². The van der Waals surface area contributed by atoms with Crippen LogP contribution in [0.2, 0.25) is 0 Å². The highest BCUT2D eigenvalue weighted by Crippen LogP contribution is 2.34. The van der Waals surface area contributed by atoms with E-state index in [9.17, 15) is 13.2 Å². The van der Waals surface area contributed by atoms with E-state index in [0.29, 0.717) is 30.8 Å². The predicted octanol–water partition coefficient (Wildman–Crippen LogP) is 7.68. The van der Waals surface area contributed by atoms with Crippen molar-refractivity contribution in [2.24, 2.45) is 0 Å². The Kier molecular flexibility index (Phi) is 7.19. The predicted molar refractivity (Wildman–Crippen MR) is 125 cm³/mol. The number of ether oxygens (including phenoxy) is 2. The van der Waals surface area contributed by atoms with E-state index in [1.54, 1.807) is 30.3 Å². The highest BCUT2D eigenvalue weighted by molar-refractivity contribution is 5.71. The van der Waals surface area contributed by atoms with E-state index in [1.165, 1.54) is 18.2 Å². The Labute approximate surface area is 192 Å². The van der Waals surface area contributed by atoms with E-state index >= 15 is 0 Å². The van der Waals surface area contributed by atoms with Crippen molar-refractivity contribution in [2.75, 3.05) is 13.2 Å². The summed E-state index contributed by atoms with van der Waals surface area (Å²) < 4.78 is 54.8. The molecule has 3 aromatic carbocycles.